The third-order valence-electron chi connectivity index (χ3n) is 6.79. The van der Waals surface area contributed by atoms with E-state index >= 15 is 0 Å². The summed E-state index contributed by atoms with van der Waals surface area (Å²) in [4.78, 5) is 25.0. The average Bonchev–Trinajstić information content (AvgIpc) is 3.64. The Morgan fingerprint density at radius 2 is 1.59 bits per heavy atom. The van der Waals surface area contributed by atoms with Gasteiger partial charge in [-0.15, -0.1) is 0 Å². The summed E-state index contributed by atoms with van der Waals surface area (Å²) in [5.74, 6) is -1.19. The number of benzene rings is 3. The van der Waals surface area contributed by atoms with Crippen LogP contribution in [0.4, 0.5) is 14.9 Å². The molecule has 2 N–H and O–H groups in total. The van der Waals surface area contributed by atoms with Gasteiger partial charge >= 0.3 is 12.1 Å². The lowest BCUT2D eigenvalue weighted by Gasteiger charge is -2.15. The van der Waals surface area contributed by atoms with E-state index in [0.29, 0.717) is 29.8 Å². The Kier molecular flexibility index (Phi) is 6.52. The van der Waals surface area contributed by atoms with Crippen LogP contribution in [0.3, 0.4) is 0 Å². The van der Waals surface area contributed by atoms with Crippen molar-refractivity contribution in [1.29, 1.82) is 0 Å². The molecule has 0 unspecified atom stereocenters. The monoisotopic (exact) mass is 516 g/mol. The number of nitrogens with zero attached hydrogens (tertiary/aromatic N) is 1. The van der Waals surface area contributed by atoms with E-state index in [1.54, 1.807) is 32.0 Å². The summed E-state index contributed by atoms with van der Waals surface area (Å²) in [6.45, 7) is 3.42. The van der Waals surface area contributed by atoms with E-state index in [4.69, 9.17) is 4.74 Å². The Morgan fingerprint density at radius 1 is 1.00 bits per heavy atom. The van der Waals surface area contributed by atoms with Crippen LogP contribution >= 0.6 is 11.5 Å². The first-order valence-electron chi connectivity index (χ1n) is 11.9. The molecule has 0 bridgehead atoms. The van der Waals surface area contributed by atoms with Crippen molar-refractivity contribution >= 4 is 29.3 Å². The number of aromatic nitrogens is 1. The molecule has 1 aliphatic carbocycles. The van der Waals surface area contributed by atoms with Gasteiger partial charge in [-0.05, 0) is 66.5 Å². The van der Waals surface area contributed by atoms with Gasteiger partial charge in [0.2, 0.25) is 0 Å². The van der Waals surface area contributed by atoms with E-state index in [0.717, 1.165) is 27.1 Å². The number of carboxylic acids is 1. The van der Waals surface area contributed by atoms with Crippen LogP contribution < -0.4 is 5.32 Å². The highest BCUT2D eigenvalue weighted by atomic mass is 32.1. The number of rotatable bonds is 7. The second-order valence-corrected chi connectivity index (χ2v) is 9.98. The number of ether oxygens (including phenoxy) is 1. The minimum absolute atomic E-state index is 0.303. The minimum atomic E-state index is -0.764. The first-order valence-corrected chi connectivity index (χ1v) is 12.7. The number of hydrogen-bond donors (Lipinski definition) is 2. The first kappa shape index (κ1) is 24.6. The molecule has 0 spiro atoms. The molecule has 1 amide bonds. The van der Waals surface area contributed by atoms with Gasteiger partial charge in [-0.3, -0.25) is 10.1 Å². The van der Waals surface area contributed by atoms with Crippen LogP contribution in [0.25, 0.3) is 21.6 Å². The Morgan fingerprint density at radius 3 is 2.19 bits per heavy atom. The standard InChI is InChI=1S/C29H25FN2O4S/c1-17-25(31-28(35)36-18(2)23-5-3-4-6-24(23)30)26(37-32-17)21-9-7-19(8-10-21)20-11-13-22(14-12-20)29(15-16-29)27(33)34/h3-14,18H,15-16H2,1-2H3,(H,31,35)(H,33,34)/t18-/m1/s1. The number of anilines is 1. The van der Waals surface area contributed by atoms with E-state index in [1.807, 2.05) is 48.5 Å². The van der Waals surface area contributed by atoms with Crippen LogP contribution in [0.2, 0.25) is 0 Å². The molecule has 5 rings (SSSR count). The lowest BCUT2D eigenvalue weighted by atomic mass is 9.93. The van der Waals surface area contributed by atoms with E-state index in [9.17, 15) is 19.1 Å². The van der Waals surface area contributed by atoms with Crippen LogP contribution in [0.1, 0.15) is 42.7 Å². The predicted molar refractivity (Wildman–Crippen MR) is 141 cm³/mol. The minimum Gasteiger partial charge on any atom is -0.481 e. The van der Waals surface area contributed by atoms with E-state index in [-0.39, 0.29) is 0 Å². The quantitative estimate of drug-likeness (QED) is 0.268. The van der Waals surface area contributed by atoms with Crippen molar-refractivity contribution < 1.29 is 23.8 Å². The van der Waals surface area contributed by atoms with Gasteiger partial charge in [0.05, 0.1) is 21.7 Å². The van der Waals surface area contributed by atoms with E-state index in [1.165, 1.54) is 17.6 Å². The third-order valence-corrected chi connectivity index (χ3v) is 7.78. The van der Waals surface area contributed by atoms with Crippen molar-refractivity contribution in [3.8, 4) is 21.6 Å². The van der Waals surface area contributed by atoms with Gasteiger partial charge in [-0.2, -0.15) is 4.37 Å². The summed E-state index contributed by atoms with van der Waals surface area (Å²) in [6, 6.07) is 21.7. The second-order valence-electron chi connectivity index (χ2n) is 9.21. The maximum Gasteiger partial charge on any atom is 0.412 e. The normalized spacial score (nSPS) is 14.6. The molecule has 0 saturated heterocycles. The van der Waals surface area contributed by atoms with Crippen LogP contribution in [-0.2, 0) is 14.9 Å². The van der Waals surface area contributed by atoms with E-state index in [2.05, 4.69) is 9.69 Å². The average molecular weight is 517 g/mol. The predicted octanol–water partition coefficient (Wildman–Crippen LogP) is 7.35. The Balaban J connectivity index is 1.30. The number of halogens is 1. The molecule has 0 radical (unpaired) electrons. The van der Waals surface area contributed by atoms with Crippen LogP contribution in [0.15, 0.2) is 72.8 Å². The lowest BCUT2D eigenvalue weighted by Crippen LogP contribution is -2.19. The fourth-order valence-electron chi connectivity index (χ4n) is 4.42. The van der Waals surface area contributed by atoms with Crippen molar-refractivity contribution in [2.45, 2.75) is 38.2 Å². The SMILES string of the molecule is Cc1nsc(-c2ccc(-c3ccc(C4(C(=O)O)CC4)cc3)cc2)c1NC(=O)O[C@H](C)c1ccccc1F. The van der Waals surface area contributed by atoms with Gasteiger partial charge < -0.3 is 9.84 Å². The third kappa shape index (κ3) is 4.84. The molecule has 0 aliphatic heterocycles. The summed E-state index contributed by atoms with van der Waals surface area (Å²) in [5.41, 5.74) is 4.49. The Labute approximate surface area is 217 Å². The number of amides is 1. The summed E-state index contributed by atoms with van der Waals surface area (Å²) in [7, 11) is 0. The second kappa shape index (κ2) is 9.78. The highest BCUT2D eigenvalue weighted by Gasteiger charge is 2.51. The molecule has 1 atom stereocenters. The summed E-state index contributed by atoms with van der Waals surface area (Å²) < 4.78 is 23.8. The molecule has 188 valence electrons. The van der Waals surface area contributed by atoms with Gasteiger partial charge in [0.25, 0.3) is 0 Å². The number of aryl methyl sites for hydroxylation is 1. The molecule has 1 saturated carbocycles. The zero-order valence-corrected chi connectivity index (χ0v) is 21.1. The van der Waals surface area contributed by atoms with Gasteiger partial charge in [0.1, 0.15) is 11.9 Å². The van der Waals surface area contributed by atoms with E-state index < -0.39 is 29.4 Å². The zero-order chi connectivity index (χ0) is 26.2. The van der Waals surface area contributed by atoms with Crippen molar-refractivity contribution in [2.75, 3.05) is 5.32 Å². The van der Waals surface area contributed by atoms with Crippen LogP contribution in [0, 0.1) is 12.7 Å². The van der Waals surface area contributed by atoms with Crippen molar-refractivity contribution in [2.24, 2.45) is 0 Å². The molecule has 1 aliphatic rings. The van der Waals surface area contributed by atoms with Gasteiger partial charge in [-0.1, -0.05) is 66.7 Å². The van der Waals surface area contributed by atoms with Crippen molar-refractivity contribution in [3.63, 3.8) is 0 Å². The molecule has 6 nitrogen and oxygen atoms in total. The maximum atomic E-state index is 14.0. The summed E-state index contributed by atoms with van der Waals surface area (Å²) in [5, 5.41) is 12.3. The molecular weight excluding hydrogens is 491 g/mol. The number of carboxylic acid groups (broad SMARTS) is 1. The fourth-order valence-corrected chi connectivity index (χ4v) is 5.27. The molecule has 1 aromatic heterocycles. The van der Waals surface area contributed by atoms with Gasteiger partial charge in [0, 0.05) is 5.56 Å². The summed E-state index contributed by atoms with van der Waals surface area (Å²) >= 11 is 1.27. The fraction of sp³-hybridized carbons (Fsp3) is 0.207. The molecule has 4 aromatic rings. The number of aliphatic carboxylic acids is 1. The number of hydrogen-bond acceptors (Lipinski definition) is 5. The molecule has 37 heavy (non-hydrogen) atoms. The topological polar surface area (TPSA) is 88.5 Å². The maximum absolute atomic E-state index is 14.0. The largest absolute Gasteiger partial charge is 0.481 e. The molecule has 8 heteroatoms. The molecule has 1 fully saturated rings. The lowest BCUT2D eigenvalue weighted by molar-refractivity contribution is -0.140. The van der Waals surface area contributed by atoms with Gasteiger partial charge in [0.15, 0.2) is 0 Å². The highest BCUT2D eigenvalue weighted by Crippen LogP contribution is 2.48. The van der Waals surface area contributed by atoms with Crippen LogP contribution in [0.5, 0.6) is 0 Å². The molecular formula is C29H25FN2O4S. The van der Waals surface area contributed by atoms with Gasteiger partial charge in [-0.25, -0.2) is 9.18 Å². The number of nitrogens with one attached hydrogen (secondary N) is 1. The highest BCUT2D eigenvalue weighted by molar-refractivity contribution is 7.10. The number of carbonyl (C=O) groups is 2. The zero-order valence-electron chi connectivity index (χ0n) is 20.3. The summed E-state index contributed by atoms with van der Waals surface area (Å²) in [6.07, 6.45) is -0.0907. The molecule has 3 aromatic carbocycles. The Bertz CT molecular complexity index is 1460. The number of carbonyl (C=O) groups excluding carboxylic acids is 1. The molecule has 1 heterocycles. The van der Waals surface area contributed by atoms with Crippen molar-refractivity contribution in [3.05, 3.63) is 95.4 Å². The van der Waals surface area contributed by atoms with Crippen molar-refractivity contribution in [1.82, 2.24) is 4.37 Å². The van der Waals surface area contributed by atoms with Crippen LogP contribution in [-0.4, -0.2) is 21.5 Å². The first-order chi connectivity index (χ1) is 17.8. The smallest absolute Gasteiger partial charge is 0.412 e. The Hall–Kier alpha value is -4.04.